The summed E-state index contributed by atoms with van der Waals surface area (Å²) < 4.78 is 0. The number of nitrogens with two attached hydrogens (primary N) is 1. The highest BCUT2D eigenvalue weighted by molar-refractivity contribution is 5.82. The third-order valence-corrected chi connectivity index (χ3v) is 2.11. The number of hydrogen-bond donors (Lipinski definition) is 1. The van der Waals surface area contributed by atoms with Crippen LogP contribution < -0.4 is 5.73 Å². The molecular weight excluding hydrogens is 114 g/mol. The number of hydrogen-bond acceptors (Lipinski definition) is 2. The molecule has 1 saturated carbocycles. The van der Waals surface area contributed by atoms with E-state index in [-0.39, 0.29) is 12.0 Å². The normalized spacial score (nSPS) is 36.9. The van der Waals surface area contributed by atoms with Crippen molar-refractivity contribution in [1.29, 1.82) is 0 Å². The molecule has 52 valence electrons. The standard InChI is InChI=1S/C7H13NO/c1-5-6(8)3-2-4-7(5)9/h5-6H,2-4,8H2,1H3/t5-,6-/m1/s1. The third kappa shape index (κ3) is 1.30. The molecule has 0 aliphatic heterocycles. The van der Waals surface area contributed by atoms with E-state index in [1.807, 2.05) is 6.92 Å². The van der Waals surface area contributed by atoms with Gasteiger partial charge in [-0.25, -0.2) is 0 Å². The minimum absolute atomic E-state index is 0.110. The first kappa shape index (κ1) is 6.75. The highest BCUT2D eigenvalue weighted by Crippen LogP contribution is 2.18. The Morgan fingerprint density at radius 3 is 2.78 bits per heavy atom. The van der Waals surface area contributed by atoms with E-state index in [0.717, 1.165) is 19.3 Å². The van der Waals surface area contributed by atoms with E-state index in [4.69, 9.17) is 5.73 Å². The number of carbonyl (C=O) groups is 1. The zero-order chi connectivity index (χ0) is 6.85. The number of ketones is 1. The fraction of sp³-hybridized carbons (Fsp3) is 0.857. The lowest BCUT2D eigenvalue weighted by Crippen LogP contribution is -2.36. The lowest BCUT2D eigenvalue weighted by atomic mass is 9.85. The monoisotopic (exact) mass is 127 g/mol. The summed E-state index contributed by atoms with van der Waals surface area (Å²) in [5.74, 6) is 0.451. The van der Waals surface area contributed by atoms with Crippen molar-refractivity contribution >= 4 is 5.78 Å². The van der Waals surface area contributed by atoms with E-state index in [9.17, 15) is 4.79 Å². The summed E-state index contributed by atoms with van der Waals surface area (Å²) in [6, 6.07) is 0.131. The van der Waals surface area contributed by atoms with Gasteiger partial charge >= 0.3 is 0 Å². The van der Waals surface area contributed by atoms with Gasteiger partial charge in [0.1, 0.15) is 5.78 Å². The molecular formula is C7H13NO. The van der Waals surface area contributed by atoms with E-state index < -0.39 is 0 Å². The molecule has 1 fully saturated rings. The van der Waals surface area contributed by atoms with Crippen molar-refractivity contribution in [2.24, 2.45) is 11.7 Å². The quantitative estimate of drug-likeness (QED) is 0.520. The van der Waals surface area contributed by atoms with Gasteiger partial charge in [-0.05, 0) is 12.8 Å². The molecule has 0 saturated heterocycles. The molecule has 9 heavy (non-hydrogen) atoms. The van der Waals surface area contributed by atoms with E-state index >= 15 is 0 Å². The van der Waals surface area contributed by atoms with Gasteiger partial charge < -0.3 is 5.73 Å². The highest BCUT2D eigenvalue weighted by Gasteiger charge is 2.24. The molecule has 0 aromatic carbocycles. The number of rotatable bonds is 0. The summed E-state index contributed by atoms with van der Waals surface area (Å²) in [7, 11) is 0. The van der Waals surface area contributed by atoms with Crippen LogP contribution in [-0.2, 0) is 4.79 Å². The molecule has 1 aliphatic carbocycles. The molecule has 2 N–H and O–H groups in total. The zero-order valence-electron chi connectivity index (χ0n) is 5.76. The van der Waals surface area contributed by atoms with Gasteiger partial charge in [0.15, 0.2) is 0 Å². The maximum absolute atomic E-state index is 10.9. The van der Waals surface area contributed by atoms with E-state index in [0.29, 0.717) is 5.78 Å². The summed E-state index contributed by atoms with van der Waals surface area (Å²) in [5, 5.41) is 0. The topological polar surface area (TPSA) is 43.1 Å². The molecule has 1 rings (SSSR count). The van der Waals surface area contributed by atoms with Crippen molar-refractivity contribution in [2.45, 2.75) is 32.2 Å². The Bertz CT molecular complexity index is 122. The Morgan fingerprint density at radius 2 is 2.33 bits per heavy atom. The van der Waals surface area contributed by atoms with Crippen LogP contribution in [-0.4, -0.2) is 11.8 Å². The van der Waals surface area contributed by atoms with Crippen LogP contribution in [0.3, 0.4) is 0 Å². The Hall–Kier alpha value is -0.370. The second-order valence-electron chi connectivity index (χ2n) is 2.81. The van der Waals surface area contributed by atoms with Crippen molar-refractivity contribution in [2.75, 3.05) is 0 Å². The maximum atomic E-state index is 10.9. The number of carbonyl (C=O) groups excluding carboxylic acids is 1. The minimum atomic E-state index is 0.110. The average Bonchev–Trinajstić information content (AvgIpc) is 1.83. The van der Waals surface area contributed by atoms with Gasteiger partial charge in [0, 0.05) is 18.4 Å². The summed E-state index contributed by atoms with van der Waals surface area (Å²) in [6.07, 6.45) is 2.76. The van der Waals surface area contributed by atoms with Crippen LogP contribution in [0, 0.1) is 5.92 Å². The van der Waals surface area contributed by atoms with Gasteiger partial charge in [-0.2, -0.15) is 0 Å². The van der Waals surface area contributed by atoms with Crippen molar-refractivity contribution in [3.05, 3.63) is 0 Å². The Labute approximate surface area is 55.4 Å². The SMILES string of the molecule is C[C@H]1C(=O)CCC[C@H]1N. The predicted octanol–water partition coefficient (Wildman–Crippen LogP) is 0.703. The molecule has 0 spiro atoms. The molecule has 1 aliphatic rings. The van der Waals surface area contributed by atoms with E-state index in [1.165, 1.54) is 0 Å². The molecule has 0 amide bonds. The largest absolute Gasteiger partial charge is 0.327 e. The van der Waals surface area contributed by atoms with Crippen molar-refractivity contribution in [3.8, 4) is 0 Å². The molecule has 0 unspecified atom stereocenters. The fourth-order valence-electron chi connectivity index (χ4n) is 1.23. The summed E-state index contributed by atoms with van der Waals surface area (Å²) in [4.78, 5) is 10.9. The molecule has 0 radical (unpaired) electrons. The highest BCUT2D eigenvalue weighted by atomic mass is 16.1. The van der Waals surface area contributed by atoms with Gasteiger partial charge in [0.25, 0.3) is 0 Å². The van der Waals surface area contributed by atoms with Crippen LogP contribution in [0.4, 0.5) is 0 Å². The molecule has 2 heteroatoms. The maximum Gasteiger partial charge on any atom is 0.137 e. The Balaban J connectivity index is 2.51. The van der Waals surface area contributed by atoms with Gasteiger partial charge in [-0.15, -0.1) is 0 Å². The van der Waals surface area contributed by atoms with E-state index in [2.05, 4.69) is 0 Å². The molecule has 0 aromatic rings. The lowest BCUT2D eigenvalue weighted by Gasteiger charge is -2.23. The lowest BCUT2D eigenvalue weighted by molar-refractivity contribution is -0.124. The number of Topliss-reactive ketones (excluding diaryl/α,β-unsaturated/α-hetero) is 1. The van der Waals surface area contributed by atoms with Crippen LogP contribution >= 0.6 is 0 Å². The smallest absolute Gasteiger partial charge is 0.137 e. The zero-order valence-corrected chi connectivity index (χ0v) is 5.76. The first-order chi connectivity index (χ1) is 4.22. The fourth-order valence-corrected chi connectivity index (χ4v) is 1.23. The van der Waals surface area contributed by atoms with Gasteiger partial charge in [-0.3, -0.25) is 4.79 Å². The first-order valence-corrected chi connectivity index (χ1v) is 3.50. The molecule has 0 bridgehead atoms. The Morgan fingerprint density at radius 1 is 1.67 bits per heavy atom. The van der Waals surface area contributed by atoms with Crippen LogP contribution in [0.25, 0.3) is 0 Å². The van der Waals surface area contributed by atoms with Gasteiger partial charge in [-0.1, -0.05) is 6.92 Å². The molecule has 0 aromatic heterocycles. The van der Waals surface area contributed by atoms with Crippen LogP contribution in [0.5, 0.6) is 0 Å². The minimum Gasteiger partial charge on any atom is -0.327 e. The van der Waals surface area contributed by atoms with Crippen molar-refractivity contribution in [1.82, 2.24) is 0 Å². The van der Waals surface area contributed by atoms with Gasteiger partial charge in [0.05, 0.1) is 0 Å². The second-order valence-corrected chi connectivity index (χ2v) is 2.81. The van der Waals surface area contributed by atoms with Crippen molar-refractivity contribution in [3.63, 3.8) is 0 Å². The van der Waals surface area contributed by atoms with Gasteiger partial charge in [0.2, 0.25) is 0 Å². The van der Waals surface area contributed by atoms with Crippen LogP contribution in [0.15, 0.2) is 0 Å². The van der Waals surface area contributed by atoms with Crippen molar-refractivity contribution < 1.29 is 4.79 Å². The third-order valence-electron chi connectivity index (χ3n) is 2.11. The summed E-state index contributed by atoms with van der Waals surface area (Å²) >= 11 is 0. The molecule has 2 atom stereocenters. The van der Waals surface area contributed by atoms with Crippen LogP contribution in [0.1, 0.15) is 26.2 Å². The summed E-state index contributed by atoms with van der Waals surface area (Å²) in [5.41, 5.74) is 5.65. The first-order valence-electron chi connectivity index (χ1n) is 3.50. The Kier molecular flexibility index (Phi) is 1.86. The van der Waals surface area contributed by atoms with Crippen LogP contribution in [0.2, 0.25) is 0 Å². The van der Waals surface area contributed by atoms with E-state index in [1.54, 1.807) is 0 Å². The summed E-state index contributed by atoms with van der Waals surface area (Å²) in [6.45, 7) is 1.92. The molecule has 2 nitrogen and oxygen atoms in total. The molecule has 0 heterocycles. The second kappa shape index (κ2) is 2.48. The predicted molar refractivity (Wildman–Crippen MR) is 36.0 cm³/mol. The average molecular weight is 127 g/mol.